The van der Waals surface area contributed by atoms with Crippen molar-refractivity contribution in [1.29, 1.82) is 0 Å². The highest BCUT2D eigenvalue weighted by atomic mass is 16.5. The maximum Gasteiger partial charge on any atom is 0.325 e. The lowest BCUT2D eigenvalue weighted by Crippen LogP contribution is -2.46. The normalized spacial score (nSPS) is 20.4. The van der Waals surface area contributed by atoms with Crippen LogP contribution in [0.3, 0.4) is 0 Å². The zero-order valence-electron chi connectivity index (χ0n) is 11.4. The van der Waals surface area contributed by atoms with Crippen molar-refractivity contribution in [3.05, 3.63) is 0 Å². The summed E-state index contributed by atoms with van der Waals surface area (Å²) >= 11 is 0. The van der Waals surface area contributed by atoms with Gasteiger partial charge in [0, 0.05) is 19.8 Å². The highest BCUT2D eigenvalue weighted by molar-refractivity contribution is 5.79. The minimum Gasteiger partial charge on any atom is -0.465 e. The summed E-state index contributed by atoms with van der Waals surface area (Å²) < 4.78 is 15.9. The van der Waals surface area contributed by atoms with Crippen molar-refractivity contribution in [2.75, 3.05) is 26.4 Å². The van der Waals surface area contributed by atoms with Crippen LogP contribution in [0.4, 0.5) is 0 Å². The van der Waals surface area contributed by atoms with Gasteiger partial charge in [0.15, 0.2) is 0 Å². The van der Waals surface area contributed by atoms with Crippen molar-refractivity contribution in [2.45, 2.75) is 51.2 Å². The molecule has 2 N–H and O–H groups in total. The quantitative estimate of drug-likeness (QED) is 0.550. The third-order valence-electron chi connectivity index (χ3n) is 3.10. The average Bonchev–Trinajstić information content (AvgIpc) is 2.36. The summed E-state index contributed by atoms with van der Waals surface area (Å²) in [5, 5.41) is 0. The van der Waals surface area contributed by atoms with Gasteiger partial charge in [0.05, 0.1) is 12.7 Å². The van der Waals surface area contributed by atoms with Crippen molar-refractivity contribution in [3.8, 4) is 0 Å². The van der Waals surface area contributed by atoms with Crippen molar-refractivity contribution in [1.82, 2.24) is 0 Å². The first-order chi connectivity index (χ1) is 8.56. The van der Waals surface area contributed by atoms with E-state index in [-0.39, 0.29) is 5.97 Å². The number of hydrogen-bond acceptors (Lipinski definition) is 5. The summed E-state index contributed by atoms with van der Waals surface area (Å²) in [6, 6.07) is 0. The highest BCUT2D eigenvalue weighted by Crippen LogP contribution is 2.14. The second-order valence-electron chi connectivity index (χ2n) is 4.92. The maximum atomic E-state index is 11.6. The number of hydrogen-bond donors (Lipinski definition) is 1. The third-order valence-corrected chi connectivity index (χ3v) is 3.10. The molecular weight excluding hydrogens is 234 g/mol. The lowest BCUT2D eigenvalue weighted by Gasteiger charge is -2.24. The lowest BCUT2D eigenvalue weighted by atomic mass is 9.98. The van der Waals surface area contributed by atoms with Crippen LogP contribution in [0.1, 0.15) is 39.5 Å². The fraction of sp³-hybridized carbons (Fsp3) is 0.923. The van der Waals surface area contributed by atoms with Crippen LogP contribution in [0.15, 0.2) is 0 Å². The van der Waals surface area contributed by atoms with Gasteiger partial charge in [-0.15, -0.1) is 0 Å². The molecule has 1 aliphatic heterocycles. The maximum absolute atomic E-state index is 11.6. The molecule has 1 rings (SSSR count). The molecule has 1 fully saturated rings. The van der Waals surface area contributed by atoms with E-state index in [0.717, 1.165) is 32.5 Å². The number of nitrogens with two attached hydrogens (primary N) is 1. The van der Waals surface area contributed by atoms with Crippen LogP contribution in [0.25, 0.3) is 0 Å². The van der Waals surface area contributed by atoms with E-state index >= 15 is 0 Å². The van der Waals surface area contributed by atoms with Crippen LogP contribution in [-0.2, 0) is 19.0 Å². The van der Waals surface area contributed by atoms with Crippen LogP contribution in [0, 0.1) is 0 Å². The fourth-order valence-electron chi connectivity index (χ4n) is 1.93. The van der Waals surface area contributed by atoms with E-state index in [9.17, 15) is 4.79 Å². The van der Waals surface area contributed by atoms with Crippen LogP contribution in [0.5, 0.6) is 0 Å². The van der Waals surface area contributed by atoms with Gasteiger partial charge in [-0.05, 0) is 39.5 Å². The molecule has 0 radical (unpaired) electrons. The largest absolute Gasteiger partial charge is 0.465 e. The number of ether oxygens (including phenoxy) is 3. The Bertz CT molecular complexity index is 249. The second-order valence-corrected chi connectivity index (χ2v) is 4.92. The second kappa shape index (κ2) is 7.71. The zero-order chi connectivity index (χ0) is 13.4. The van der Waals surface area contributed by atoms with E-state index in [1.807, 2.05) is 0 Å². The van der Waals surface area contributed by atoms with Gasteiger partial charge >= 0.3 is 5.97 Å². The summed E-state index contributed by atoms with van der Waals surface area (Å²) in [6.45, 7) is 6.05. The summed E-state index contributed by atoms with van der Waals surface area (Å²) in [5.74, 6) is -0.337. The molecule has 0 aromatic rings. The topological polar surface area (TPSA) is 70.8 Å². The van der Waals surface area contributed by atoms with Gasteiger partial charge in [-0.25, -0.2) is 0 Å². The molecular formula is C13H25NO4. The molecule has 18 heavy (non-hydrogen) atoms. The summed E-state index contributed by atoms with van der Waals surface area (Å²) in [7, 11) is 0. The predicted molar refractivity (Wildman–Crippen MR) is 68.3 cm³/mol. The Hall–Kier alpha value is -0.650. The van der Waals surface area contributed by atoms with Crippen molar-refractivity contribution in [2.24, 2.45) is 5.73 Å². The van der Waals surface area contributed by atoms with Crippen molar-refractivity contribution >= 4 is 5.97 Å². The SMILES string of the molecule is CCOC(=O)C(C)(N)CCCOC1CCOCC1. The Kier molecular flexibility index (Phi) is 6.60. The number of rotatable bonds is 7. The van der Waals surface area contributed by atoms with E-state index in [2.05, 4.69) is 0 Å². The van der Waals surface area contributed by atoms with E-state index in [0.29, 0.717) is 25.7 Å². The Morgan fingerprint density at radius 2 is 2.11 bits per heavy atom. The minimum absolute atomic E-state index is 0.297. The van der Waals surface area contributed by atoms with Gasteiger partial charge in [0.25, 0.3) is 0 Å². The molecule has 0 bridgehead atoms. The molecule has 5 nitrogen and oxygen atoms in total. The van der Waals surface area contributed by atoms with Gasteiger partial charge in [-0.1, -0.05) is 0 Å². The Labute approximate surface area is 109 Å². The Morgan fingerprint density at radius 3 is 2.72 bits per heavy atom. The van der Waals surface area contributed by atoms with Crippen molar-refractivity contribution < 1.29 is 19.0 Å². The summed E-state index contributed by atoms with van der Waals surface area (Å²) in [5.41, 5.74) is 5.01. The van der Waals surface area contributed by atoms with Gasteiger partial charge in [-0.3, -0.25) is 4.79 Å². The van der Waals surface area contributed by atoms with E-state index in [4.69, 9.17) is 19.9 Å². The minimum atomic E-state index is -0.908. The van der Waals surface area contributed by atoms with E-state index in [1.54, 1.807) is 13.8 Å². The Balaban J connectivity index is 2.13. The third kappa shape index (κ3) is 5.33. The number of carbonyl (C=O) groups excluding carboxylic acids is 1. The number of esters is 1. The average molecular weight is 259 g/mol. The fourth-order valence-corrected chi connectivity index (χ4v) is 1.93. The van der Waals surface area contributed by atoms with Gasteiger partial charge in [0.2, 0.25) is 0 Å². The molecule has 106 valence electrons. The van der Waals surface area contributed by atoms with E-state index < -0.39 is 5.54 Å². The molecule has 1 heterocycles. The van der Waals surface area contributed by atoms with Crippen LogP contribution in [0.2, 0.25) is 0 Å². The lowest BCUT2D eigenvalue weighted by molar-refractivity contribution is -0.149. The molecule has 0 aromatic carbocycles. The smallest absolute Gasteiger partial charge is 0.325 e. The molecule has 0 spiro atoms. The van der Waals surface area contributed by atoms with Gasteiger partial charge in [0.1, 0.15) is 5.54 Å². The van der Waals surface area contributed by atoms with Gasteiger partial charge in [-0.2, -0.15) is 0 Å². The first-order valence-corrected chi connectivity index (χ1v) is 6.71. The molecule has 1 atom stereocenters. The monoisotopic (exact) mass is 259 g/mol. The molecule has 1 aliphatic rings. The highest BCUT2D eigenvalue weighted by Gasteiger charge is 2.29. The van der Waals surface area contributed by atoms with Crippen LogP contribution >= 0.6 is 0 Å². The molecule has 0 aromatic heterocycles. The molecule has 1 saturated heterocycles. The zero-order valence-corrected chi connectivity index (χ0v) is 11.4. The van der Waals surface area contributed by atoms with Gasteiger partial charge < -0.3 is 19.9 Å². The Morgan fingerprint density at radius 1 is 1.44 bits per heavy atom. The summed E-state index contributed by atoms with van der Waals surface area (Å²) in [4.78, 5) is 11.6. The molecule has 0 amide bonds. The first kappa shape index (κ1) is 15.4. The molecule has 0 aliphatic carbocycles. The number of carbonyl (C=O) groups is 1. The molecule has 0 saturated carbocycles. The summed E-state index contributed by atoms with van der Waals surface area (Å²) in [6.07, 6.45) is 3.55. The predicted octanol–water partition coefficient (Wildman–Crippen LogP) is 1.24. The van der Waals surface area contributed by atoms with E-state index in [1.165, 1.54) is 0 Å². The van der Waals surface area contributed by atoms with Crippen LogP contribution < -0.4 is 5.73 Å². The van der Waals surface area contributed by atoms with Crippen molar-refractivity contribution in [3.63, 3.8) is 0 Å². The van der Waals surface area contributed by atoms with Crippen LogP contribution in [-0.4, -0.2) is 44.0 Å². The standard InChI is InChI=1S/C13H25NO4/c1-3-17-12(15)13(2,14)7-4-8-18-11-5-9-16-10-6-11/h11H,3-10,14H2,1-2H3. The first-order valence-electron chi connectivity index (χ1n) is 6.71. The molecule has 1 unspecified atom stereocenters. The molecule has 5 heteroatoms.